The predicted octanol–water partition coefficient (Wildman–Crippen LogP) is 2.86. The van der Waals surface area contributed by atoms with Crippen LogP contribution in [0.3, 0.4) is 0 Å². The molecule has 2 atom stereocenters. The number of likely N-dealkylation sites (tertiary alicyclic amines) is 1. The number of rotatable bonds is 7. The quantitative estimate of drug-likeness (QED) is 0.711. The van der Waals surface area contributed by atoms with Crippen LogP contribution in [-0.2, 0) is 0 Å². The molecule has 102 valence electrons. The molecule has 0 bridgehead atoms. The van der Waals surface area contributed by atoms with Gasteiger partial charge in [-0.05, 0) is 62.6 Å². The largest absolute Gasteiger partial charge is 0.393 e. The van der Waals surface area contributed by atoms with Crippen molar-refractivity contribution in [3.63, 3.8) is 0 Å². The summed E-state index contributed by atoms with van der Waals surface area (Å²) < 4.78 is 0. The molecule has 2 nitrogen and oxygen atoms in total. The summed E-state index contributed by atoms with van der Waals surface area (Å²) >= 11 is 2.08. The highest BCUT2D eigenvalue weighted by Crippen LogP contribution is 2.20. The number of hydrogen-bond acceptors (Lipinski definition) is 3. The molecule has 1 fully saturated rings. The van der Waals surface area contributed by atoms with Gasteiger partial charge in [0.25, 0.3) is 0 Å². The van der Waals surface area contributed by atoms with Gasteiger partial charge in [0.05, 0.1) is 6.10 Å². The smallest absolute Gasteiger partial charge is 0.0552 e. The highest BCUT2D eigenvalue weighted by atomic mass is 32.2. The normalized spacial score (nSPS) is 24.2. The van der Waals surface area contributed by atoms with Crippen molar-refractivity contribution in [1.29, 1.82) is 0 Å². The number of thioether (sulfide) groups is 1. The summed E-state index contributed by atoms with van der Waals surface area (Å²) in [5.74, 6) is 3.89. The van der Waals surface area contributed by atoms with E-state index in [0.717, 1.165) is 12.5 Å². The van der Waals surface area contributed by atoms with Gasteiger partial charge in [-0.2, -0.15) is 11.8 Å². The van der Waals surface area contributed by atoms with Gasteiger partial charge in [-0.25, -0.2) is 0 Å². The third-order valence-corrected chi connectivity index (χ3v) is 4.92. The van der Waals surface area contributed by atoms with Crippen molar-refractivity contribution in [2.24, 2.45) is 11.8 Å². The van der Waals surface area contributed by atoms with E-state index >= 15 is 0 Å². The van der Waals surface area contributed by atoms with Crippen molar-refractivity contribution in [3.8, 4) is 0 Å². The van der Waals surface area contributed by atoms with Crippen molar-refractivity contribution in [2.75, 3.05) is 31.1 Å². The molecule has 0 aromatic heterocycles. The lowest BCUT2D eigenvalue weighted by molar-refractivity contribution is 0.0631. The van der Waals surface area contributed by atoms with Crippen LogP contribution in [0.25, 0.3) is 0 Å². The SMILES string of the molecule is CC(C)CSCCCN1CCCC(C(C)O)C1. The second-order valence-electron chi connectivity index (χ2n) is 5.77. The first kappa shape index (κ1) is 15.3. The molecule has 17 heavy (non-hydrogen) atoms. The van der Waals surface area contributed by atoms with E-state index in [9.17, 15) is 5.11 Å². The second kappa shape index (κ2) is 8.39. The van der Waals surface area contributed by atoms with Gasteiger partial charge >= 0.3 is 0 Å². The Hall–Kier alpha value is 0.270. The molecule has 0 saturated carbocycles. The highest BCUT2D eigenvalue weighted by molar-refractivity contribution is 7.99. The van der Waals surface area contributed by atoms with E-state index in [1.54, 1.807) is 0 Å². The minimum atomic E-state index is -0.131. The summed E-state index contributed by atoms with van der Waals surface area (Å²) in [6.07, 6.45) is 3.63. The van der Waals surface area contributed by atoms with E-state index < -0.39 is 0 Å². The van der Waals surface area contributed by atoms with Crippen molar-refractivity contribution in [1.82, 2.24) is 4.90 Å². The third kappa shape index (κ3) is 6.68. The average molecular weight is 259 g/mol. The lowest BCUT2D eigenvalue weighted by Crippen LogP contribution is -2.40. The number of piperidine rings is 1. The van der Waals surface area contributed by atoms with E-state index in [2.05, 4.69) is 30.5 Å². The van der Waals surface area contributed by atoms with Crippen LogP contribution in [0, 0.1) is 11.8 Å². The maximum atomic E-state index is 9.63. The molecule has 0 spiro atoms. The first-order valence-corrected chi connectivity index (χ1v) is 8.23. The molecule has 0 radical (unpaired) electrons. The topological polar surface area (TPSA) is 23.5 Å². The summed E-state index contributed by atoms with van der Waals surface area (Å²) in [5.41, 5.74) is 0. The Labute approximate surface area is 111 Å². The van der Waals surface area contributed by atoms with E-state index in [4.69, 9.17) is 0 Å². The zero-order chi connectivity index (χ0) is 12.7. The van der Waals surface area contributed by atoms with Crippen LogP contribution in [0.4, 0.5) is 0 Å². The number of aliphatic hydroxyl groups is 1. The van der Waals surface area contributed by atoms with Gasteiger partial charge < -0.3 is 10.0 Å². The van der Waals surface area contributed by atoms with E-state index in [1.165, 1.54) is 43.9 Å². The van der Waals surface area contributed by atoms with Crippen LogP contribution in [0.15, 0.2) is 0 Å². The number of nitrogens with zero attached hydrogens (tertiary/aromatic N) is 1. The lowest BCUT2D eigenvalue weighted by atomic mass is 9.93. The monoisotopic (exact) mass is 259 g/mol. The van der Waals surface area contributed by atoms with Crippen molar-refractivity contribution in [2.45, 2.75) is 46.1 Å². The first-order chi connectivity index (χ1) is 8.09. The average Bonchev–Trinajstić information content (AvgIpc) is 2.28. The molecule has 1 N–H and O–H groups in total. The van der Waals surface area contributed by atoms with Gasteiger partial charge in [-0.3, -0.25) is 0 Å². The highest BCUT2D eigenvalue weighted by Gasteiger charge is 2.22. The Morgan fingerprint density at radius 3 is 2.76 bits per heavy atom. The van der Waals surface area contributed by atoms with Gasteiger partial charge in [0.1, 0.15) is 0 Å². The summed E-state index contributed by atoms with van der Waals surface area (Å²) in [5, 5.41) is 9.63. The Morgan fingerprint density at radius 2 is 2.12 bits per heavy atom. The van der Waals surface area contributed by atoms with Crippen molar-refractivity contribution < 1.29 is 5.11 Å². The Bertz CT molecular complexity index is 197. The Morgan fingerprint density at radius 1 is 1.35 bits per heavy atom. The number of hydrogen-bond donors (Lipinski definition) is 1. The first-order valence-electron chi connectivity index (χ1n) is 7.07. The minimum Gasteiger partial charge on any atom is -0.393 e. The van der Waals surface area contributed by atoms with Gasteiger partial charge in [-0.15, -0.1) is 0 Å². The van der Waals surface area contributed by atoms with E-state index in [1.807, 2.05) is 6.92 Å². The molecule has 0 amide bonds. The van der Waals surface area contributed by atoms with Gasteiger partial charge in [0.2, 0.25) is 0 Å². The molecule has 1 aliphatic rings. The molecule has 3 heteroatoms. The molecule has 2 unspecified atom stereocenters. The Balaban J connectivity index is 2.06. The summed E-state index contributed by atoms with van der Waals surface area (Å²) in [7, 11) is 0. The van der Waals surface area contributed by atoms with Crippen LogP contribution in [0.2, 0.25) is 0 Å². The van der Waals surface area contributed by atoms with Crippen molar-refractivity contribution in [3.05, 3.63) is 0 Å². The molecule has 1 saturated heterocycles. The predicted molar refractivity (Wildman–Crippen MR) is 77.6 cm³/mol. The van der Waals surface area contributed by atoms with Crippen LogP contribution in [0.1, 0.15) is 40.0 Å². The second-order valence-corrected chi connectivity index (χ2v) is 6.92. The lowest BCUT2D eigenvalue weighted by Gasteiger charge is -2.34. The molecule has 0 aromatic carbocycles. The van der Waals surface area contributed by atoms with Gasteiger partial charge in [-0.1, -0.05) is 13.8 Å². The van der Waals surface area contributed by atoms with Crippen LogP contribution < -0.4 is 0 Å². The van der Waals surface area contributed by atoms with Gasteiger partial charge in [0, 0.05) is 6.54 Å². The van der Waals surface area contributed by atoms with E-state index in [-0.39, 0.29) is 6.10 Å². The zero-order valence-corrected chi connectivity index (χ0v) is 12.5. The fraction of sp³-hybridized carbons (Fsp3) is 1.00. The summed E-state index contributed by atoms with van der Waals surface area (Å²) in [6, 6.07) is 0. The summed E-state index contributed by atoms with van der Waals surface area (Å²) in [6.45, 7) is 10.1. The van der Waals surface area contributed by atoms with Crippen LogP contribution >= 0.6 is 11.8 Å². The third-order valence-electron chi connectivity index (χ3n) is 3.44. The standard InChI is InChI=1S/C14H29NOS/c1-12(2)11-17-9-5-8-15-7-4-6-14(10-15)13(3)16/h12-14,16H,4-11H2,1-3H3. The maximum Gasteiger partial charge on any atom is 0.0552 e. The molecule has 0 aliphatic carbocycles. The fourth-order valence-corrected chi connectivity index (χ4v) is 3.37. The summed E-state index contributed by atoms with van der Waals surface area (Å²) in [4.78, 5) is 2.54. The Kier molecular flexibility index (Phi) is 7.56. The van der Waals surface area contributed by atoms with Crippen LogP contribution in [0.5, 0.6) is 0 Å². The molecular formula is C14H29NOS. The molecule has 1 aliphatic heterocycles. The minimum absolute atomic E-state index is 0.131. The van der Waals surface area contributed by atoms with Crippen LogP contribution in [-0.4, -0.2) is 47.3 Å². The molecule has 1 heterocycles. The fourth-order valence-electron chi connectivity index (χ4n) is 2.40. The van der Waals surface area contributed by atoms with Crippen molar-refractivity contribution >= 4 is 11.8 Å². The molecule has 0 aromatic rings. The number of aliphatic hydroxyl groups excluding tert-OH is 1. The molecular weight excluding hydrogens is 230 g/mol. The van der Waals surface area contributed by atoms with E-state index in [0.29, 0.717) is 5.92 Å². The zero-order valence-electron chi connectivity index (χ0n) is 11.7. The maximum absolute atomic E-state index is 9.63. The van der Waals surface area contributed by atoms with Gasteiger partial charge in [0.15, 0.2) is 0 Å². The molecule has 1 rings (SSSR count).